The highest BCUT2D eigenvalue weighted by Crippen LogP contribution is 2.54. The smallest absolute Gasteiger partial charge is 0.355 e. The van der Waals surface area contributed by atoms with E-state index in [0.717, 1.165) is 0 Å². The lowest BCUT2D eigenvalue weighted by Crippen LogP contribution is -2.55. The Hall–Kier alpha value is 0.230. The predicted molar refractivity (Wildman–Crippen MR) is 101 cm³/mol. The maximum absolute atomic E-state index is 12.8. The molecule has 0 radical (unpaired) electrons. The zero-order chi connectivity index (χ0) is 18.8. The van der Waals surface area contributed by atoms with Crippen LogP contribution in [0.1, 0.15) is 27.7 Å². The molecule has 0 bridgehead atoms. The van der Waals surface area contributed by atoms with E-state index < -0.39 is 18.9 Å². The third-order valence-electron chi connectivity index (χ3n) is 3.80. The number of halogens is 1. The van der Waals surface area contributed by atoms with Crippen molar-refractivity contribution in [2.45, 2.75) is 38.9 Å². The average Bonchev–Trinajstić information content (AvgIpc) is 2.51. The van der Waals surface area contributed by atoms with Crippen molar-refractivity contribution < 1.29 is 22.1 Å². The van der Waals surface area contributed by atoms with Gasteiger partial charge in [-0.25, -0.2) is 12.2 Å². The largest absolute Gasteiger partial charge is 0.388 e. The van der Waals surface area contributed by atoms with Crippen LogP contribution in [0.4, 0.5) is 0 Å². The van der Waals surface area contributed by atoms with Crippen LogP contribution < -0.4 is 0 Å². The van der Waals surface area contributed by atoms with E-state index in [1.165, 1.54) is 0 Å². The summed E-state index contributed by atoms with van der Waals surface area (Å²) in [7, 11) is 0.397. The second kappa shape index (κ2) is 8.28. The molecule has 1 saturated heterocycles. The van der Waals surface area contributed by atoms with E-state index in [4.69, 9.17) is 7.59 Å². The van der Waals surface area contributed by atoms with Gasteiger partial charge in [-0.1, -0.05) is 0 Å². The molecule has 0 aromatic carbocycles. The topological polar surface area (TPSA) is 82.6 Å². The number of hydrogen-bond donors (Lipinski definition) is 1. The van der Waals surface area contributed by atoms with E-state index in [2.05, 4.69) is 0 Å². The number of carbonyl (C=O) groups is 1. The molecule has 1 aliphatic heterocycles. The second-order valence-corrected chi connectivity index (χ2v) is 10.9. The number of rotatable bonds is 7. The fraction of sp³-hybridized carbons (Fsp3) is 0.929. The average molecular weight is 477 g/mol. The Kier molecular flexibility index (Phi) is 7.69. The SMILES string of the molecule is CN(C)P(=O)(OI)N1CCN(C(=O)C(C)(C)OCC(C)(C)O)CC1. The predicted octanol–water partition coefficient (Wildman–Crippen LogP) is 1.73. The van der Waals surface area contributed by atoms with Crippen LogP contribution in [0.2, 0.25) is 0 Å². The standard InChI is InChI=1S/C14H29IN3O5P/c1-13(2,20)11-22-14(3,4)12(19)17-7-9-18(10-8-17)24(21,23-15)16(5)6/h20H,7-11H2,1-6H3. The summed E-state index contributed by atoms with van der Waals surface area (Å²) < 4.78 is 27.0. The van der Waals surface area contributed by atoms with Gasteiger partial charge < -0.3 is 14.7 Å². The highest BCUT2D eigenvalue weighted by molar-refractivity contribution is 14.1. The molecule has 10 heteroatoms. The molecule has 24 heavy (non-hydrogen) atoms. The summed E-state index contributed by atoms with van der Waals surface area (Å²) in [5, 5.41) is 9.77. The fourth-order valence-electron chi connectivity index (χ4n) is 2.31. The van der Waals surface area contributed by atoms with Crippen LogP contribution in [0.15, 0.2) is 0 Å². The summed E-state index contributed by atoms with van der Waals surface area (Å²) in [4.78, 5) is 14.4. The number of hydrogen-bond acceptors (Lipinski definition) is 5. The van der Waals surface area contributed by atoms with Crippen molar-refractivity contribution in [1.29, 1.82) is 0 Å². The summed E-state index contributed by atoms with van der Waals surface area (Å²) in [5.41, 5.74) is -2.01. The Balaban J connectivity index is 2.67. The maximum atomic E-state index is 12.8. The van der Waals surface area contributed by atoms with E-state index in [0.29, 0.717) is 26.2 Å². The normalized spacial score (nSPS) is 20.3. The van der Waals surface area contributed by atoms with Crippen molar-refractivity contribution in [3.05, 3.63) is 0 Å². The van der Waals surface area contributed by atoms with Gasteiger partial charge in [0.15, 0.2) is 0 Å². The molecule has 1 amide bonds. The van der Waals surface area contributed by atoms with Crippen LogP contribution in [0.3, 0.4) is 0 Å². The minimum absolute atomic E-state index is 0.0736. The number of piperazine rings is 1. The summed E-state index contributed by atoms with van der Waals surface area (Å²) in [6.45, 7) is 8.57. The Morgan fingerprint density at radius 1 is 1.21 bits per heavy atom. The van der Waals surface area contributed by atoms with Gasteiger partial charge in [0.1, 0.15) is 28.6 Å². The molecular formula is C14H29IN3O5P. The van der Waals surface area contributed by atoms with E-state index in [1.54, 1.807) is 79.0 Å². The van der Waals surface area contributed by atoms with Crippen LogP contribution in [0, 0.1) is 0 Å². The zero-order valence-electron chi connectivity index (χ0n) is 15.3. The molecule has 0 aliphatic carbocycles. The van der Waals surface area contributed by atoms with Crippen molar-refractivity contribution in [2.24, 2.45) is 0 Å². The fourth-order valence-corrected chi connectivity index (χ4v) is 5.52. The van der Waals surface area contributed by atoms with Gasteiger partial charge in [0.05, 0.1) is 12.2 Å². The molecule has 142 valence electrons. The Morgan fingerprint density at radius 3 is 2.08 bits per heavy atom. The van der Waals surface area contributed by atoms with Crippen LogP contribution in [0.25, 0.3) is 0 Å². The number of aliphatic hydroxyl groups is 1. The lowest BCUT2D eigenvalue weighted by atomic mass is 10.1. The Morgan fingerprint density at radius 2 is 1.71 bits per heavy atom. The number of nitrogens with zero attached hydrogens (tertiary/aromatic N) is 3. The molecule has 1 fully saturated rings. The van der Waals surface area contributed by atoms with E-state index in [9.17, 15) is 14.5 Å². The first kappa shape index (κ1) is 22.3. The number of carbonyl (C=O) groups excluding carboxylic acids is 1. The summed E-state index contributed by atoms with van der Waals surface area (Å²) in [6, 6.07) is 0. The van der Waals surface area contributed by atoms with Gasteiger partial charge in [0, 0.05) is 26.2 Å². The summed E-state index contributed by atoms with van der Waals surface area (Å²) >= 11 is 1.66. The first-order valence-electron chi connectivity index (χ1n) is 7.83. The molecule has 0 spiro atoms. The lowest BCUT2D eigenvalue weighted by Gasteiger charge is -2.41. The molecule has 1 heterocycles. The zero-order valence-corrected chi connectivity index (χ0v) is 18.3. The van der Waals surface area contributed by atoms with Gasteiger partial charge in [0.2, 0.25) is 0 Å². The molecule has 0 aromatic heterocycles. The van der Waals surface area contributed by atoms with Gasteiger partial charge in [-0.05, 0) is 41.8 Å². The first-order valence-corrected chi connectivity index (χ1v) is 10.2. The third-order valence-corrected chi connectivity index (χ3v) is 7.64. The van der Waals surface area contributed by atoms with Gasteiger partial charge in [-0.3, -0.25) is 9.36 Å². The molecule has 0 aromatic rings. The quantitative estimate of drug-likeness (QED) is 0.442. The van der Waals surface area contributed by atoms with Crippen molar-refractivity contribution in [1.82, 2.24) is 14.2 Å². The molecule has 0 saturated carbocycles. The minimum atomic E-state index is -3.03. The van der Waals surface area contributed by atoms with Crippen LogP contribution >= 0.6 is 30.7 Å². The number of amides is 1. The second-order valence-electron chi connectivity index (χ2n) is 7.26. The molecule has 1 unspecified atom stereocenters. The van der Waals surface area contributed by atoms with Gasteiger partial charge in [0.25, 0.3) is 5.91 Å². The molecule has 1 rings (SSSR count). The van der Waals surface area contributed by atoms with Crippen LogP contribution in [-0.2, 0) is 16.9 Å². The van der Waals surface area contributed by atoms with Gasteiger partial charge in [-0.2, -0.15) is 0 Å². The monoisotopic (exact) mass is 477 g/mol. The van der Waals surface area contributed by atoms with Crippen LogP contribution in [-0.4, -0.2) is 83.3 Å². The minimum Gasteiger partial charge on any atom is -0.388 e. The Bertz CT molecular complexity index is 487. The van der Waals surface area contributed by atoms with Gasteiger partial charge in [-0.15, -0.1) is 0 Å². The summed E-state index contributed by atoms with van der Waals surface area (Å²) in [5.74, 6) is -0.138. The molecule has 1 N–H and O–H groups in total. The van der Waals surface area contributed by atoms with Crippen molar-refractivity contribution in [3.63, 3.8) is 0 Å². The maximum Gasteiger partial charge on any atom is 0.355 e. The highest BCUT2D eigenvalue weighted by Gasteiger charge is 2.40. The van der Waals surface area contributed by atoms with Crippen molar-refractivity contribution in [3.8, 4) is 0 Å². The highest BCUT2D eigenvalue weighted by atomic mass is 127. The molecule has 1 aliphatic rings. The van der Waals surface area contributed by atoms with Crippen LogP contribution in [0.5, 0.6) is 0 Å². The first-order chi connectivity index (χ1) is 10.8. The lowest BCUT2D eigenvalue weighted by molar-refractivity contribution is -0.162. The van der Waals surface area contributed by atoms with E-state index >= 15 is 0 Å². The van der Waals surface area contributed by atoms with Crippen molar-refractivity contribution >= 4 is 36.6 Å². The molecule has 1 atom stereocenters. The van der Waals surface area contributed by atoms with E-state index in [-0.39, 0.29) is 12.5 Å². The molecule has 8 nitrogen and oxygen atoms in total. The van der Waals surface area contributed by atoms with E-state index in [1.807, 2.05) is 0 Å². The third kappa shape index (κ3) is 5.62. The van der Waals surface area contributed by atoms with Gasteiger partial charge >= 0.3 is 7.67 Å². The summed E-state index contributed by atoms with van der Waals surface area (Å²) in [6.07, 6.45) is 0. The molecular weight excluding hydrogens is 448 g/mol. The Labute approximate surface area is 158 Å². The number of ether oxygens (including phenoxy) is 1. The van der Waals surface area contributed by atoms with Crippen molar-refractivity contribution in [2.75, 3.05) is 46.9 Å².